The molecule has 1 aliphatic carbocycles. The zero-order chi connectivity index (χ0) is 30.0. The van der Waals surface area contributed by atoms with Crippen LogP contribution >= 0.6 is 0 Å². The van der Waals surface area contributed by atoms with Crippen LogP contribution in [0.4, 0.5) is 0 Å². The summed E-state index contributed by atoms with van der Waals surface area (Å²) in [6.45, 7) is 4.58. The zero-order valence-electron chi connectivity index (χ0n) is 25.4. The van der Waals surface area contributed by atoms with Crippen molar-refractivity contribution in [2.75, 3.05) is 46.0 Å². The number of hydrogen-bond donors (Lipinski definition) is 2. The lowest BCUT2D eigenvalue weighted by Crippen LogP contribution is -2.51. The average molecular weight is 597 g/mol. The fourth-order valence-electron chi connectivity index (χ4n) is 6.82. The van der Waals surface area contributed by atoms with Crippen LogP contribution in [0.5, 0.6) is 5.75 Å². The molecule has 0 aromatic heterocycles. The Morgan fingerprint density at radius 1 is 0.930 bits per heavy atom. The standard InChI is InChI=1S/C33H48N4O6/c38-30-23-25(13-15-36-16-19-42-20-17-36)32(40)35-28(33(41)34-26-8-1-2-9-26)11-3-4-18-43-27-10-5-7-24(21-27)22-29(30)37-14-6-12-31(37)39/h5,7,10,21,25-26,28-29H,1-4,6,8-9,11-20,22-23H2,(H,34,41)(H,35,40)/t25-,28+,29+/m1/s1. The van der Waals surface area contributed by atoms with E-state index >= 15 is 0 Å². The summed E-state index contributed by atoms with van der Waals surface area (Å²) < 4.78 is 11.5. The van der Waals surface area contributed by atoms with Gasteiger partial charge in [0, 0.05) is 50.9 Å². The van der Waals surface area contributed by atoms with Gasteiger partial charge in [0.25, 0.3) is 0 Å². The Labute approximate surface area is 255 Å². The highest BCUT2D eigenvalue weighted by Crippen LogP contribution is 2.25. The summed E-state index contributed by atoms with van der Waals surface area (Å²) in [4.78, 5) is 58.2. The molecule has 3 heterocycles. The second kappa shape index (κ2) is 15.7. The summed E-state index contributed by atoms with van der Waals surface area (Å²) in [5, 5.41) is 6.23. The molecule has 3 amide bonds. The van der Waals surface area contributed by atoms with E-state index < -0.39 is 18.0 Å². The van der Waals surface area contributed by atoms with Crippen LogP contribution in [0.15, 0.2) is 24.3 Å². The Morgan fingerprint density at radius 3 is 2.49 bits per heavy atom. The Hall–Kier alpha value is -2.98. The van der Waals surface area contributed by atoms with Gasteiger partial charge in [-0.3, -0.25) is 24.1 Å². The van der Waals surface area contributed by atoms with Crippen molar-refractivity contribution < 1.29 is 28.7 Å². The number of amides is 3. The van der Waals surface area contributed by atoms with E-state index in [0.717, 1.165) is 69.3 Å². The minimum atomic E-state index is -0.665. The molecule has 3 aliphatic heterocycles. The Kier molecular flexibility index (Phi) is 11.4. The number of likely N-dealkylation sites (tertiary alicyclic amines) is 1. The van der Waals surface area contributed by atoms with Crippen LogP contribution in [0.2, 0.25) is 0 Å². The molecule has 43 heavy (non-hydrogen) atoms. The van der Waals surface area contributed by atoms with Gasteiger partial charge in [-0.25, -0.2) is 0 Å². The number of nitrogens with zero attached hydrogens (tertiary/aromatic N) is 2. The van der Waals surface area contributed by atoms with Crippen molar-refractivity contribution in [3.05, 3.63) is 29.8 Å². The first-order chi connectivity index (χ1) is 21.0. The van der Waals surface area contributed by atoms with E-state index in [2.05, 4.69) is 15.5 Å². The summed E-state index contributed by atoms with van der Waals surface area (Å²) in [7, 11) is 0. The third-order valence-electron chi connectivity index (χ3n) is 9.39. The predicted octanol–water partition coefficient (Wildman–Crippen LogP) is 2.62. The molecule has 0 radical (unpaired) electrons. The first kappa shape index (κ1) is 31.4. The molecule has 2 bridgehead atoms. The lowest BCUT2D eigenvalue weighted by atomic mass is 9.90. The summed E-state index contributed by atoms with van der Waals surface area (Å²) >= 11 is 0. The van der Waals surface area contributed by atoms with E-state index in [1.165, 1.54) is 0 Å². The fraction of sp³-hybridized carbons (Fsp3) is 0.697. The second-order valence-electron chi connectivity index (χ2n) is 12.6. The van der Waals surface area contributed by atoms with Crippen LogP contribution in [-0.2, 0) is 30.3 Å². The molecule has 2 N–H and O–H groups in total. The number of fused-ring (bicyclic) bond motifs is 2. The Bertz CT molecular complexity index is 1120. The van der Waals surface area contributed by atoms with Gasteiger partial charge in [0.15, 0.2) is 5.78 Å². The van der Waals surface area contributed by atoms with Crippen LogP contribution in [0.1, 0.15) is 76.2 Å². The van der Waals surface area contributed by atoms with E-state index in [9.17, 15) is 19.2 Å². The van der Waals surface area contributed by atoms with Gasteiger partial charge in [0.05, 0.1) is 25.9 Å². The molecular weight excluding hydrogens is 548 g/mol. The fourth-order valence-corrected chi connectivity index (χ4v) is 6.82. The number of rotatable bonds is 6. The summed E-state index contributed by atoms with van der Waals surface area (Å²) in [5.41, 5.74) is 0.931. The molecule has 1 aromatic rings. The van der Waals surface area contributed by atoms with Crippen LogP contribution < -0.4 is 15.4 Å². The van der Waals surface area contributed by atoms with Gasteiger partial charge in [-0.1, -0.05) is 25.0 Å². The Balaban J connectivity index is 1.38. The van der Waals surface area contributed by atoms with Crippen molar-refractivity contribution in [2.45, 2.75) is 95.2 Å². The number of hydrogen-bond acceptors (Lipinski definition) is 7. The molecule has 1 aromatic carbocycles. The molecule has 3 atom stereocenters. The first-order valence-electron chi connectivity index (χ1n) is 16.4. The monoisotopic (exact) mass is 596 g/mol. The quantitative estimate of drug-likeness (QED) is 0.519. The van der Waals surface area contributed by atoms with Gasteiger partial charge in [-0.2, -0.15) is 0 Å². The smallest absolute Gasteiger partial charge is 0.242 e. The second-order valence-corrected chi connectivity index (χ2v) is 12.6. The van der Waals surface area contributed by atoms with Crippen molar-refractivity contribution >= 4 is 23.5 Å². The van der Waals surface area contributed by atoms with Gasteiger partial charge in [-0.05, 0) is 69.2 Å². The number of nitrogens with one attached hydrogen (secondary N) is 2. The average Bonchev–Trinajstić information content (AvgIpc) is 3.69. The lowest BCUT2D eigenvalue weighted by molar-refractivity contribution is -0.138. The number of ether oxygens (including phenoxy) is 2. The maximum absolute atomic E-state index is 14.1. The molecule has 0 spiro atoms. The zero-order valence-corrected chi connectivity index (χ0v) is 25.4. The molecule has 236 valence electrons. The van der Waals surface area contributed by atoms with Gasteiger partial charge in [0.2, 0.25) is 17.7 Å². The van der Waals surface area contributed by atoms with Crippen molar-refractivity contribution in [1.82, 2.24) is 20.4 Å². The molecule has 1 saturated carbocycles. The first-order valence-corrected chi connectivity index (χ1v) is 16.4. The molecular formula is C33H48N4O6. The number of carbonyl (C=O) groups excluding carboxylic acids is 4. The van der Waals surface area contributed by atoms with Crippen molar-refractivity contribution in [1.29, 1.82) is 0 Å². The van der Waals surface area contributed by atoms with Gasteiger partial charge in [0.1, 0.15) is 11.8 Å². The van der Waals surface area contributed by atoms with Crippen LogP contribution in [-0.4, -0.2) is 97.4 Å². The highest BCUT2D eigenvalue weighted by Gasteiger charge is 2.36. The molecule has 10 nitrogen and oxygen atoms in total. The highest BCUT2D eigenvalue weighted by molar-refractivity contribution is 5.94. The molecule has 2 saturated heterocycles. The number of carbonyl (C=O) groups is 4. The van der Waals surface area contributed by atoms with Gasteiger partial charge < -0.3 is 25.0 Å². The minimum Gasteiger partial charge on any atom is -0.494 e. The van der Waals surface area contributed by atoms with E-state index in [1.807, 2.05) is 24.3 Å². The minimum absolute atomic E-state index is 0.0156. The number of Topliss-reactive ketones (excluding diaryl/α,β-unsaturated/α-hetero) is 1. The number of benzene rings is 1. The summed E-state index contributed by atoms with van der Waals surface area (Å²) in [5.74, 6) is -0.393. The van der Waals surface area contributed by atoms with Gasteiger partial charge >= 0.3 is 0 Å². The largest absolute Gasteiger partial charge is 0.494 e. The SMILES string of the molecule is O=C1N[C@H](C(=O)NC2CCCC2)CCCCOc2cccc(c2)C[C@H](N2CCCC2=O)C(=O)C[C@H]1CCN1CCOCC1. The third-order valence-corrected chi connectivity index (χ3v) is 9.39. The van der Waals surface area contributed by atoms with E-state index in [-0.39, 0.29) is 36.0 Å². The van der Waals surface area contributed by atoms with Crippen molar-refractivity contribution in [3.8, 4) is 5.75 Å². The molecule has 5 rings (SSSR count). The van der Waals surface area contributed by atoms with E-state index in [0.29, 0.717) is 58.6 Å². The third kappa shape index (κ3) is 9.01. The van der Waals surface area contributed by atoms with Crippen LogP contribution in [0.25, 0.3) is 0 Å². The van der Waals surface area contributed by atoms with Crippen molar-refractivity contribution in [2.24, 2.45) is 5.92 Å². The maximum Gasteiger partial charge on any atom is 0.242 e. The molecule has 10 heteroatoms. The van der Waals surface area contributed by atoms with Gasteiger partial charge in [-0.15, -0.1) is 0 Å². The van der Waals surface area contributed by atoms with Crippen molar-refractivity contribution in [3.63, 3.8) is 0 Å². The Morgan fingerprint density at radius 2 is 1.72 bits per heavy atom. The van der Waals surface area contributed by atoms with E-state index in [4.69, 9.17) is 9.47 Å². The lowest BCUT2D eigenvalue weighted by Gasteiger charge is -2.31. The highest BCUT2D eigenvalue weighted by atomic mass is 16.5. The van der Waals surface area contributed by atoms with E-state index in [1.54, 1.807) is 4.90 Å². The summed E-state index contributed by atoms with van der Waals surface area (Å²) in [6, 6.07) is 6.59. The number of ketones is 1. The molecule has 4 aliphatic rings. The van der Waals surface area contributed by atoms with Crippen LogP contribution in [0, 0.1) is 5.92 Å². The summed E-state index contributed by atoms with van der Waals surface area (Å²) in [6.07, 6.45) is 8.18. The predicted molar refractivity (Wildman–Crippen MR) is 162 cm³/mol. The normalized spacial score (nSPS) is 27.1. The maximum atomic E-state index is 14.1. The van der Waals surface area contributed by atoms with Crippen LogP contribution in [0.3, 0.4) is 0 Å². The topological polar surface area (TPSA) is 117 Å². The number of morpholine rings is 1. The molecule has 0 unspecified atom stereocenters. The molecule has 3 fully saturated rings.